The Morgan fingerprint density at radius 2 is 2.33 bits per heavy atom. The second-order valence-electron chi connectivity index (χ2n) is 4.34. The van der Waals surface area contributed by atoms with Gasteiger partial charge in [0.25, 0.3) is 0 Å². The van der Waals surface area contributed by atoms with Crippen molar-refractivity contribution >= 4 is 5.91 Å². The number of nitrogens with zero attached hydrogens (tertiary/aromatic N) is 1. The Bertz CT molecular complexity index is 229. The zero-order valence-electron chi connectivity index (χ0n) is 9.37. The van der Waals surface area contributed by atoms with Crippen molar-refractivity contribution in [3.8, 4) is 0 Å². The molecule has 0 saturated carbocycles. The van der Waals surface area contributed by atoms with Crippen molar-refractivity contribution in [1.29, 1.82) is 0 Å². The maximum absolute atomic E-state index is 12.0. The topological polar surface area (TPSA) is 41.6 Å². The third-order valence-corrected chi connectivity index (χ3v) is 3.31. The fourth-order valence-corrected chi connectivity index (χ4v) is 2.25. The average Bonchev–Trinajstić information content (AvgIpc) is 2.59. The number of hydrogen-bond donors (Lipinski definition) is 1. The fourth-order valence-electron chi connectivity index (χ4n) is 2.25. The van der Waals surface area contributed by atoms with Gasteiger partial charge in [-0.15, -0.1) is 0 Å². The van der Waals surface area contributed by atoms with Crippen LogP contribution in [0.4, 0.5) is 0 Å². The van der Waals surface area contributed by atoms with Crippen molar-refractivity contribution in [2.75, 3.05) is 32.8 Å². The van der Waals surface area contributed by atoms with E-state index in [1.807, 2.05) is 11.8 Å². The SMILES string of the molecule is CCOCC1CCCN1C(=O)C1CNC1. The van der Waals surface area contributed by atoms with Gasteiger partial charge < -0.3 is 15.0 Å². The third kappa shape index (κ3) is 2.32. The molecule has 2 aliphatic heterocycles. The lowest BCUT2D eigenvalue weighted by Crippen LogP contribution is -2.53. The Kier molecular flexibility index (Phi) is 3.59. The minimum absolute atomic E-state index is 0.229. The molecule has 1 amide bonds. The maximum Gasteiger partial charge on any atom is 0.228 e. The lowest BCUT2D eigenvalue weighted by Gasteiger charge is -2.33. The van der Waals surface area contributed by atoms with E-state index in [0.29, 0.717) is 18.6 Å². The zero-order valence-corrected chi connectivity index (χ0v) is 9.37. The van der Waals surface area contributed by atoms with Gasteiger partial charge in [-0.3, -0.25) is 4.79 Å². The van der Waals surface area contributed by atoms with Crippen LogP contribution in [-0.2, 0) is 9.53 Å². The molecule has 2 rings (SSSR count). The fraction of sp³-hybridized carbons (Fsp3) is 0.909. The number of carbonyl (C=O) groups is 1. The van der Waals surface area contributed by atoms with Gasteiger partial charge in [-0.1, -0.05) is 0 Å². The summed E-state index contributed by atoms with van der Waals surface area (Å²) in [6.45, 7) is 6.09. The van der Waals surface area contributed by atoms with Crippen molar-refractivity contribution < 1.29 is 9.53 Å². The van der Waals surface area contributed by atoms with E-state index in [2.05, 4.69) is 5.32 Å². The molecular formula is C11H20N2O2. The van der Waals surface area contributed by atoms with Crippen molar-refractivity contribution in [1.82, 2.24) is 10.2 Å². The molecule has 0 spiro atoms. The second-order valence-corrected chi connectivity index (χ2v) is 4.34. The van der Waals surface area contributed by atoms with Gasteiger partial charge in [-0.25, -0.2) is 0 Å². The molecule has 4 heteroatoms. The molecule has 0 bridgehead atoms. The van der Waals surface area contributed by atoms with E-state index >= 15 is 0 Å². The van der Waals surface area contributed by atoms with Crippen LogP contribution in [0.3, 0.4) is 0 Å². The molecule has 0 radical (unpaired) electrons. The molecule has 15 heavy (non-hydrogen) atoms. The lowest BCUT2D eigenvalue weighted by molar-refractivity contribution is -0.139. The van der Waals surface area contributed by atoms with Gasteiger partial charge in [0.15, 0.2) is 0 Å². The Labute approximate surface area is 91.0 Å². The first kappa shape index (κ1) is 10.9. The number of amides is 1. The van der Waals surface area contributed by atoms with Gasteiger partial charge in [-0.05, 0) is 19.8 Å². The molecule has 0 aromatic rings. The Morgan fingerprint density at radius 3 is 2.93 bits per heavy atom. The molecule has 0 aromatic heterocycles. The van der Waals surface area contributed by atoms with Crippen LogP contribution in [0.5, 0.6) is 0 Å². The first-order valence-corrected chi connectivity index (χ1v) is 5.92. The zero-order chi connectivity index (χ0) is 10.7. The molecule has 86 valence electrons. The smallest absolute Gasteiger partial charge is 0.228 e. The molecule has 4 nitrogen and oxygen atoms in total. The van der Waals surface area contributed by atoms with Crippen LogP contribution in [0.25, 0.3) is 0 Å². The number of likely N-dealkylation sites (tertiary alicyclic amines) is 1. The van der Waals surface area contributed by atoms with Gasteiger partial charge in [0.05, 0.1) is 18.6 Å². The summed E-state index contributed by atoms with van der Waals surface area (Å²) in [7, 11) is 0. The molecule has 2 heterocycles. The highest BCUT2D eigenvalue weighted by atomic mass is 16.5. The standard InChI is InChI=1S/C11H20N2O2/c1-2-15-8-10-4-3-5-13(10)11(14)9-6-12-7-9/h9-10,12H,2-8H2,1H3. The van der Waals surface area contributed by atoms with Crippen LogP contribution in [0, 0.1) is 5.92 Å². The normalized spacial score (nSPS) is 26.7. The number of carbonyl (C=O) groups excluding carboxylic acids is 1. The Balaban J connectivity index is 1.85. The predicted octanol–water partition coefficient (Wildman–Crippen LogP) is 0.233. The number of nitrogens with one attached hydrogen (secondary N) is 1. The molecule has 1 unspecified atom stereocenters. The van der Waals surface area contributed by atoms with Crippen LogP contribution < -0.4 is 5.32 Å². The van der Waals surface area contributed by atoms with Crippen LogP contribution in [0.15, 0.2) is 0 Å². The predicted molar refractivity (Wildman–Crippen MR) is 57.6 cm³/mol. The molecule has 2 saturated heterocycles. The monoisotopic (exact) mass is 212 g/mol. The van der Waals surface area contributed by atoms with Gasteiger partial charge in [0.1, 0.15) is 0 Å². The molecule has 0 aromatic carbocycles. The van der Waals surface area contributed by atoms with E-state index in [9.17, 15) is 4.79 Å². The number of rotatable bonds is 4. The van der Waals surface area contributed by atoms with Crippen molar-refractivity contribution in [2.45, 2.75) is 25.8 Å². The summed E-state index contributed by atoms with van der Waals surface area (Å²) in [4.78, 5) is 14.1. The summed E-state index contributed by atoms with van der Waals surface area (Å²) < 4.78 is 5.42. The Morgan fingerprint density at radius 1 is 1.53 bits per heavy atom. The van der Waals surface area contributed by atoms with E-state index in [4.69, 9.17) is 4.74 Å². The van der Waals surface area contributed by atoms with Gasteiger partial charge in [0.2, 0.25) is 5.91 Å². The summed E-state index contributed by atoms with van der Waals surface area (Å²) in [5.74, 6) is 0.558. The summed E-state index contributed by atoms with van der Waals surface area (Å²) in [6, 6.07) is 0.332. The lowest BCUT2D eigenvalue weighted by atomic mass is 10.0. The summed E-state index contributed by atoms with van der Waals surface area (Å²) in [6.07, 6.45) is 2.23. The minimum Gasteiger partial charge on any atom is -0.380 e. The van der Waals surface area contributed by atoms with Crippen LogP contribution >= 0.6 is 0 Å². The molecule has 0 aliphatic carbocycles. The van der Waals surface area contributed by atoms with Crippen LogP contribution in [0.1, 0.15) is 19.8 Å². The summed E-state index contributed by atoms with van der Waals surface area (Å²) >= 11 is 0. The number of hydrogen-bond acceptors (Lipinski definition) is 3. The van der Waals surface area contributed by atoms with Crippen LogP contribution in [-0.4, -0.2) is 49.7 Å². The summed E-state index contributed by atoms with van der Waals surface area (Å²) in [5, 5.41) is 3.14. The number of ether oxygens (including phenoxy) is 1. The largest absolute Gasteiger partial charge is 0.380 e. The second kappa shape index (κ2) is 4.94. The van der Waals surface area contributed by atoms with E-state index < -0.39 is 0 Å². The first-order chi connectivity index (χ1) is 7.33. The minimum atomic E-state index is 0.229. The molecule has 1 atom stereocenters. The Hall–Kier alpha value is -0.610. The molecular weight excluding hydrogens is 192 g/mol. The van der Waals surface area contributed by atoms with Crippen molar-refractivity contribution in [2.24, 2.45) is 5.92 Å². The van der Waals surface area contributed by atoms with Gasteiger partial charge in [0, 0.05) is 26.2 Å². The van der Waals surface area contributed by atoms with Gasteiger partial charge in [-0.2, -0.15) is 0 Å². The molecule has 2 fully saturated rings. The maximum atomic E-state index is 12.0. The quantitative estimate of drug-likeness (QED) is 0.725. The van der Waals surface area contributed by atoms with Crippen LogP contribution in [0.2, 0.25) is 0 Å². The highest BCUT2D eigenvalue weighted by Gasteiger charge is 2.35. The highest BCUT2D eigenvalue weighted by molar-refractivity contribution is 5.80. The average molecular weight is 212 g/mol. The summed E-state index contributed by atoms with van der Waals surface area (Å²) in [5.41, 5.74) is 0. The third-order valence-electron chi connectivity index (χ3n) is 3.31. The van der Waals surface area contributed by atoms with Crippen molar-refractivity contribution in [3.05, 3.63) is 0 Å². The van der Waals surface area contributed by atoms with Crippen molar-refractivity contribution in [3.63, 3.8) is 0 Å². The molecule has 2 aliphatic rings. The highest BCUT2D eigenvalue weighted by Crippen LogP contribution is 2.21. The van der Waals surface area contributed by atoms with Gasteiger partial charge >= 0.3 is 0 Å². The molecule has 1 N–H and O–H groups in total. The van der Waals surface area contributed by atoms with E-state index in [1.165, 1.54) is 0 Å². The van der Waals surface area contributed by atoms with E-state index in [-0.39, 0.29) is 5.92 Å². The van der Waals surface area contributed by atoms with E-state index in [0.717, 1.165) is 39.1 Å². The van der Waals surface area contributed by atoms with E-state index in [1.54, 1.807) is 0 Å². The first-order valence-electron chi connectivity index (χ1n) is 5.92.